The van der Waals surface area contributed by atoms with Gasteiger partial charge in [-0.05, 0) is 24.1 Å². The number of aromatic amines is 1. The predicted octanol–water partition coefficient (Wildman–Crippen LogP) is 3.01. The Hall–Kier alpha value is -2.25. The van der Waals surface area contributed by atoms with Gasteiger partial charge in [0.1, 0.15) is 5.69 Å². The zero-order chi connectivity index (χ0) is 16.5. The van der Waals surface area contributed by atoms with E-state index in [2.05, 4.69) is 20.3 Å². The van der Waals surface area contributed by atoms with Crippen LogP contribution in [0.3, 0.4) is 0 Å². The summed E-state index contributed by atoms with van der Waals surface area (Å²) in [5.74, 6) is 0.794. The summed E-state index contributed by atoms with van der Waals surface area (Å²) >= 11 is 5.93. The molecule has 0 bridgehead atoms. The molecule has 1 aromatic carbocycles. The molecule has 0 radical (unpaired) electrons. The van der Waals surface area contributed by atoms with Gasteiger partial charge < -0.3 is 4.74 Å². The van der Waals surface area contributed by atoms with E-state index < -0.39 is 5.82 Å². The van der Waals surface area contributed by atoms with Crippen molar-refractivity contribution in [2.45, 2.75) is 18.9 Å². The van der Waals surface area contributed by atoms with Gasteiger partial charge in [0.2, 0.25) is 0 Å². The number of benzene rings is 1. The molecule has 0 aliphatic carbocycles. The smallest absolute Gasteiger partial charge is 0.179 e. The minimum atomic E-state index is -0.450. The molecule has 1 aliphatic heterocycles. The van der Waals surface area contributed by atoms with Crippen molar-refractivity contribution in [1.29, 1.82) is 0 Å². The molecule has 124 valence electrons. The van der Waals surface area contributed by atoms with Crippen molar-refractivity contribution in [3.8, 4) is 11.5 Å². The Morgan fingerprint density at radius 3 is 2.83 bits per heavy atom. The van der Waals surface area contributed by atoms with Gasteiger partial charge in [0.25, 0.3) is 0 Å². The molecule has 3 heterocycles. The summed E-state index contributed by atoms with van der Waals surface area (Å²) in [4.78, 5) is 4.54. The van der Waals surface area contributed by atoms with Gasteiger partial charge in [-0.2, -0.15) is 10.2 Å². The van der Waals surface area contributed by atoms with Gasteiger partial charge in [-0.25, -0.2) is 14.1 Å². The lowest BCUT2D eigenvalue weighted by atomic mass is 10.1. The van der Waals surface area contributed by atoms with Crippen LogP contribution in [-0.4, -0.2) is 38.2 Å². The molecule has 1 aliphatic rings. The van der Waals surface area contributed by atoms with Gasteiger partial charge >= 0.3 is 0 Å². The molecule has 0 saturated carbocycles. The third kappa shape index (κ3) is 2.92. The van der Waals surface area contributed by atoms with Crippen LogP contribution in [0.1, 0.15) is 23.7 Å². The quantitative estimate of drug-likeness (QED) is 0.787. The summed E-state index contributed by atoms with van der Waals surface area (Å²) in [7, 11) is 0. The van der Waals surface area contributed by atoms with E-state index in [0.717, 1.165) is 18.2 Å². The standard InChI is InChI=1S/C16H15ClFN5O/c17-12-3-1-10(2-4-12)8-23-16(14-13(18)7-19-21-14)20-15(22-23)11-5-6-24-9-11/h1-4,7,11H,5-6,8-9H2,(H,19,21). The number of aromatic nitrogens is 5. The van der Waals surface area contributed by atoms with E-state index in [1.807, 2.05) is 24.3 Å². The lowest BCUT2D eigenvalue weighted by molar-refractivity contribution is 0.193. The third-order valence-corrected chi connectivity index (χ3v) is 4.30. The molecule has 1 N–H and O–H groups in total. The largest absolute Gasteiger partial charge is 0.381 e. The fraction of sp³-hybridized carbons (Fsp3) is 0.312. The van der Waals surface area contributed by atoms with Crippen molar-refractivity contribution in [3.05, 3.63) is 52.7 Å². The molecule has 8 heteroatoms. The normalized spacial score (nSPS) is 17.5. The average molecular weight is 348 g/mol. The van der Waals surface area contributed by atoms with Gasteiger partial charge in [-0.3, -0.25) is 5.10 Å². The van der Waals surface area contributed by atoms with Gasteiger partial charge in [0, 0.05) is 17.5 Å². The van der Waals surface area contributed by atoms with E-state index in [1.54, 1.807) is 4.68 Å². The molecule has 1 atom stereocenters. The van der Waals surface area contributed by atoms with E-state index >= 15 is 0 Å². The molecular weight excluding hydrogens is 333 g/mol. The highest BCUT2D eigenvalue weighted by molar-refractivity contribution is 6.30. The van der Waals surface area contributed by atoms with Crippen LogP contribution in [-0.2, 0) is 11.3 Å². The van der Waals surface area contributed by atoms with Crippen molar-refractivity contribution >= 4 is 11.6 Å². The molecule has 0 amide bonds. The number of nitrogens with one attached hydrogen (secondary N) is 1. The maximum Gasteiger partial charge on any atom is 0.179 e. The van der Waals surface area contributed by atoms with Crippen molar-refractivity contribution in [3.63, 3.8) is 0 Å². The van der Waals surface area contributed by atoms with Gasteiger partial charge in [0.15, 0.2) is 17.5 Å². The Bertz CT molecular complexity index is 839. The Labute approximate surface area is 142 Å². The zero-order valence-electron chi connectivity index (χ0n) is 12.7. The summed E-state index contributed by atoms with van der Waals surface area (Å²) in [6, 6.07) is 7.46. The van der Waals surface area contributed by atoms with Crippen LogP contribution in [0.25, 0.3) is 11.5 Å². The van der Waals surface area contributed by atoms with E-state index in [9.17, 15) is 4.39 Å². The first-order valence-corrected chi connectivity index (χ1v) is 8.04. The SMILES string of the molecule is Fc1cn[nH]c1-c1nc(C2CCOC2)nn1Cc1ccc(Cl)cc1. The van der Waals surface area contributed by atoms with Crippen molar-refractivity contribution < 1.29 is 9.13 Å². The number of H-pyrrole nitrogens is 1. The van der Waals surface area contributed by atoms with Crippen molar-refractivity contribution in [2.75, 3.05) is 13.2 Å². The van der Waals surface area contributed by atoms with Crippen LogP contribution in [0.15, 0.2) is 30.5 Å². The van der Waals surface area contributed by atoms with E-state index in [4.69, 9.17) is 16.3 Å². The summed E-state index contributed by atoms with van der Waals surface area (Å²) in [5, 5.41) is 11.7. The first-order valence-electron chi connectivity index (χ1n) is 7.67. The van der Waals surface area contributed by atoms with Crippen LogP contribution in [0.5, 0.6) is 0 Å². The molecule has 6 nitrogen and oxygen atoms in total. The first-order chi connectivity index (χ1) is 11.7. The summed E-state index contributed by atoms with van der Waals surface area (Å²) in [6.45, 7) is 1.76. The fourth-order valence-electron chi connectivity index (χ4n) is 2.76. The minimum absolute atomic E-state index is 0.140. The molecular formula is C16H15ClFN5O. The highest BCUT2D eigenvalue weighted by Gasteiger charge is 2.25. The number of hydrogen-bond acceptors (Lipinski definition) is 4. The highest BCUT2D eigenvalue weighted by atomic mass is 35.5. The second-order valence-electron chi connectivity index (χ2n) is 5.73. The molecule has 3 aromatic rings. The molecule has 4 rings (SSSR count). The number of halogens is 2. The number of rotatable bonds is 4. The minimum Gasteiger partial charge on any atom is -0.381 e. The molecule has 1 fully saturated rings. The van der Waals surface area contributed by atoms with Crippen LogP contribution in [0.4, 0.5) is 4.39 Å². The fourth-order valence-corrected chi connectivity index (χ4v) is 2.88. The maximum atomic E-state index is 14.0. The van der Waals surface area contributed by atoms with E-state index in [-0.39, 0.29) is 11.6 Å². The van der Waals surface area contributed by atoms with Gasteiger partial charge in [-0.15, -0.1) is 0 Å². The Kier molecular flexibility index (Phi) is 4.03. The number of hydrogen-bond donors (Lipinski definition) is 1. The lowest BCUT2D eigenvalue weighted by Gasteiger charge is -2.05. The topological polar surface area (TPSA) is 68.6 Å². The molecule has 24 heavy (non-hydrogen) atoms. The molecule has 2 aromatic heterocycles. The van der Waals surface area contributed by atoms with Crippen LogP contribution < -0.4 is 0 Å². The Morgan fingerprint density at radius 2 is 2.17 bits per heavy atom. The van der Waals surface area contributed by atoms with E-state index in [0.29, 0.717) is 36.4 Å². The summed E-state index contributed by atoms with van der Waals surface area (Å²) in [5.41, 5.74) is 1.24. The van der Waals surface area contributed by atoms with Gasteiger partial charge in [-0.1, -0.05) is 23.7 Å². The third-order valence-electron chi connectivity index (χ3n) is 4.05. The summed E-state index contributed by atoms with van der Waals surface area (Å²) in [6.07, 6.45) is 2.00. The highest BCUT2D eigenvalue weighted by Crippen LogP contribution is 2.26. The lowest BCUT2D eigenvalue weighted by Crippen LogP contribution is -2.06. The van der Waals surface area contributed by atoms with Crippen LogP contribution in [0, 0.1) is 5.82 Å². The molecule has 1 unspecified atom stereocenters. The van der Waals surface area contributed by atoms with Crippen molar-refractivity contribution in [1.82, 2.24) is 25.0 Å². The van der Waals surface area contributed by atoms with Gasteiger partial charge in [0.05, 0.1) is 19.3 Å². The monoisotopic (exact) mass is 347 g/mol. The second-order valence-corrected chi connectivity index (χ2v) is 6.17. The Balaban J connectivity index is 1.72. The molecule has 0 spiro atoms. The van der Waals surface area contributed by atoms with Crippen LogP contribution in [0.2, 0.25) is 5.02 Å². The van der Waals surface area contributed by atoms with Crippen LogP contribution >= 0.6 is 11.6 Å². The maximum absolute atomic E-state index is 14.0. The average Bonchev–Trinajstić information content (AvgIpc) is 3.30. The number of ether oxygens (including phenoxy) is 1. The Morgan fingerprint density at radius 1 is 1.33 bits per heavy atom. The number of nitrogens with zero attached hydrogens (tertiary/aromatic N) is 4. The first kappa shape index (κ1) is 15.3. The zero-order valence-corrected chi connectivity index (χ0v) is 13.5. The molecule has 1 saturated heterocycles. The predicted molar refractivity (Wildman–Crippen MR) is 86.3 cm³/mol. The summed E-state index contributed by atoms with van der Waals surface area (Å²) < 4.78 is 21.1. The van der Waals surface area contributed by atoms with E-state index in [1.165, 1.54) is 0 Å². The van der Waals surface area contributed by atoms with Crippen molar-refractivity contribution in [2.24, 2.45) is 0 Å². The second kappa shape index (κ2) is 6.33.